The lowest BCUT2D eigenvalue weighted by atomic mass is 9.99. The van der Waals surface area contributed by atoms with Gasteiger partial charge in [0.1, 0.15) is 11.8 Å². The molecule has 1 unspecified atom stereocenters. The molecule has 3 aromatic carbocycles. The van der Waals surface area contributed by atoms with Crippen LogP contribution in [0.4, 0.5) is 5.69 Å². The van der Waals surface area contributed by atoms with Gasteiger partial charge in [0.15, 0.2) is 0 Å². The molecular weight excluding hydrogens is 396 g/mol. The molecule has 1 N–H and O–H groups in total. The summed E-state index contributed by atoms with van der Waals surface area (Å²) in [6.45, 7) is 4.13. The third-order valence-corrected chi connectivity index (χ3v) is 5.39. The van der Waals surface area contributed by atoms with Crippen LogP contribution in [0.1, 0.15) is 27.8 Å². The van der Waals surface area contributed by atoms with Crippen LogP contribution in [-0.4, -0.2) is 24.8 Å². The normalized spacial score (nSPS) is 15.7. The Morgan fingerprint density at radius 1 is 1.00 bits per heavy atom. The summed E-state index contributed by atoms with van der Waals surface area (Å²) >= 11 is 6.28. The minimum Gasteiger partial charge on any atom is -0.497 e. The van der Waals surface area contributed by atoms with E-state index in [-0.39, 0.29) is 5.91 Å². The number of nitrogens with one attached hydrogen (secondary N) is 1. The highest BCUT2D eigenvalue weighted by molar-refractivity contribution is 6.32. The molecule has 0 aliphatic carbocycles. The number of anilines is 1. The first-order chi connectivity index (χ1) is 14.4. The van der Waals surface area contributed by atoms with Crippen molar-refractivity contribution in [1.29, 1.82) is 0 Å². The van der Waals surface area contributed by atoms with E-state index < -0.39 is 6.04 Å². The van der Waals surface area contributed by atoms with Crippen LogP contribution in [0, 0.1) is 13.8 Å². The topological polar surface area (TPSA) is 50.7 Å². The highest BCUT2D eigenvalue weighted by Crippen LogP contribution is 2.29. The second-order valence-corrected chi connectivity index (χ2v) is 8.04. The highest BCUT2D eigenvalue weighted by Gasteiger charge is 2.26. The van der Waals surface area contributed by atoms with Gasteiger partial charge in [-0.1, -0.05) is 40.9 Å². The number of halogens is 1. The van der Waals surface area contributed by atoms with Crippen molar-refractivity contribution < 1.29 is 9.53 Å². The van der Waals surface area contributed by atoms with Gasteiger partial charge < -0.3 is 10.1 Å². The summed E-state index contributed by atoms with van der Waals surface area (Å²) < 4.78 is 5.28. The average Bonchev–Trinajstić information content (AvgIpc) is 2.84. The summed E-state index contributed by atoms with van der Waals surface area (Å²) in [5, 5.41) is 3.63. The molecule has 3 aromatic rings. The van der Waals surface area contributed by atoms with E-state index in [1.54, 1.807) is 13.2 Å². The Balaban J connectivity index is 1.81. The maximum atomic E-state index is 13.0. The van der Waals surface area contributed by atoms with E-state index in [1.807, 2.05) is 36.4 Å². The number of ether oxygens (including phenoxy) is 1. The zero-order valence-electron chi connectivity index (χ0n) is 17.2. The summed E-state index contributed by atoms with van der Waals surface area (Å²) in [5.74, 6) is 0.640. The number of benzene rings is 3. The van der Waals surface area contributed by atoms with Crippen LogP contribution in [0.3, 0.4) is 0 Å². The van der Waals surface area contributed by atoms with Crippen LogP contribution in [0.25, 0.3) is 0 Å². The lowest BCUT2D eigenvalue weighted by Crippen LogP contribution is -2.27. The van der Waals surface area contributed by atoms with E-state index in [0.29, 0.717) is 17.1 Å². The number of fused-ring (bicyclic) bond motifs is 1. The van der Waals surface area contributed by atoms with Crippen LogP contribution >= 0.6 is 11.6 Å². The fourth-order valence-electron chi connectivity index (χ4n) is 3.85. The first kappa shape index (κ1) is 20.2. The molecule has 0 bridgehead atoms. The fraction of sp³-hybridized carbons (Fsp3) is 0.200. The van der Waals surface area contributed by atoms with Crippen molar-refractivity contribution in [2.45, 2.75) is 26.3 Å². The predicted octanol–water partition coefficient (Wildman–Crippen LogP) is 5.37. The van der Waals surface area contributed by atoms with Crippen LogP contribution in [0.2, 0.25) is 5.02 Å². The zero-order chi connectivity index (χ0) is 21.3. The van der Waals surface area contributed by atoms with Crippen molar-refractivity contribution in [3.05, 3.63) is 93.5 Å². The summed E-state index contributed by atoms with van der Waals surface area (Å²) in [7, 11) is 1.63. The molecule has 4 rings (SSSR count). The number of hydrogen-bond donors (Lipinski definition) is 1. The molecule has 0 spiro atoms. The number of carbonyl (C=O) groups excluding carboxylic acids is 1. The third-order valence-electron chi connectivity index (χ3n) is 5.16. The van der Waals surface area contributed by atoms with Gasteiger partial charge in [-0.3, -0.25) is 9.79 Å². The minimum absolute atomic E-state index is 0.124. The number of nitrogens with zero attached hydrogens (tertiary/aromatic N) is 1. The lowest BCUT2D eigenvalue weighted by Gasteiger charge is -2.13. The summed E-state index contributed by atoms with van der Waals surface area (Å²) in [6, 6.07) is 18.9. The third kappa shape index (κ3) is 4.24. The predicted molar refractivity (Wildman–Crippen MR) is 122 cm³/mol. The van der Waals surface area contributed by atoms with Gasteiger partial charge >= 0.3 is 0 Å². The number of methoxy groups -OCH3 is 1. The Bertz CT molecular complexity index is 1120. The molecule has 152 valence electrons. The number of aliphatic imine (C=N–C) groups is 1. The number of amides is 1. The van der Waals surface area contributed by atoms with E-state index in [0.717, 1.165) is 28.2 Å². The fourth-order valence-corrected chi connectivity index (χ4v) is 4.02. The monoisotopic (exact) mass is 418 g/mol. The smallest absolute Gasteiger partial charge is 0.249 e. The minimum atomic E-state index is -0.547. The molecule has 0 radical (unpaired) electrons. The van der Waals surface area contributed by atoms with Gasteiger partial charge in [-0.25, -0.2) is 0 Å². The first-order valence-corrected chi connectivity index (χ1v) is 10.2. The quantitative estimate of drug-likeness (QED) is 0.619. The molecule has 0 fully saturated rings. The van der Waals surface area contributed by atoms with Crippen molar-refractivity contribution in [3.8, 4) is 5.75 Å². The van der Waals surface area contributed by atoms with E-state index in [1.165, 1.54) is 11.1 Å². The molecule has 5 heteroatoms. The Hall–Kier alpha value is -3.11. The Morgan fingerprint density at radius 2 is 1.70 bits per heavy atom. The van der Waals surface area contributed by atoms with E-state index in [4.69, 9.17) is 21.3 Å². The van der Waals surface area contributed by atoms with Gasteiger partial charge in [0.2, 0.25) is 5.91 Å². The van der Waals surface area contributed by atoms with Gasteiger partial charge in [-0.15, -0.1) is 0 Å². The number of benzodiazepines with no additional fused rings is 1. The maximum absolute atomic E-state index is 13.0. The van der Waals surface area contributed by atoms with Crippen molar-refractivity contribution in [2.24, 2.45) is 4.99 Å². The molecule has 1 aliphatic heterocycles. The van der Waals surface area contributed by atoms with Crippen LogP contribution in [0.15, 0.2) is 65.7 Å². The van der Waals surface area contributed by atoms with Gasteiger partial charge in [0, 0.05) is 22.6 Å². The molecular formula is C25H23ClN2O2. The molecule has 1 atom stereocenters. The van der Waals surface area contributed by atoms with E-state index in [9.17, 15) is 4.79 Å². The molecule has 0 aromatic heterocycles. The standard InChI is InChI=1S/C25H23ClN2O2/c1-15-10-16(2)12-17(11-15)13-23-25(29)28-22-9-6-19(26)14-21(22)24(27-23)18-4-7-20(30-3)8-5-18/h4-12,14,23H,13H2,1-3H3,(H,28,29). The van der Waals surface area contributed by atoms with Gasteiger partial charge in [0.25, 0.3) is 0 Å². The maximum Gasteiger partial charge on any atom is 0.249 e. The van der Waals surface area contributed by atoms with E-state index in [2.05, 4.69) is 37.4 Å². The van der Waals surface area contributed by atoms with Crippen molar-refractivity contribution in [2.75, 3.05) is 12.4 Å². The van der Waals surface area contributed by atoms with Crippen LogP contribution in [-0.2, 0) is 11.2 Å². The molecule has 1 heterocycles. The van der Waals surface area contributed by atoms with Crippen LogP contribution in [0.5, 0.6) is 5.75 Å². The summed E-state index contributed by atoms with van der Waals surface area (Å²) in [4.78, 5) is 18.0. The molecule has 30 heavy (non-hydrogen) atoms. The SMILES string of the molecule is COc1ccc(C2=NC(Cc3cc(C)cc(C)c3)C(=O)Nc3ccc(Cl)cc32)cc1. The van der Waals surface area contributed by atoms with Gasteiger partial charge in [0.05, 0.1) is 18.5 Å². The Labute approximate surface area is 181 Å². The second kappa shape index (κ2) is 8.33. The largest absolute Gasteiger partial charge is 0.497 e. The molecule has 1 amide bonds. The van der Waals surface area contributed by atoms with Crippen LogP contribution < -0.4 is 10.1 Å². The number of aryl methyl sites for hydroxylation is 2. The van der Waals surface area contributed by atoms with Gasteiger partial charge in [-0.05, 0) is 61.9 Å². The first-order valence-electron chi connectivity index (χ1n) is 9.83. The second-order valence-electron chi connectivity index (χ2n) is 7.60. The Kier molecular flexibility index (Phi) is 5.60. The molecule has 1 aliphatic rings. The zero-order valence-corrected chi connectivity index (χ0v) is 18.0. The van der Waals surface area contributed by atoms with Crippen molar-refractivity contribution in [1.82, 2.24) is 0 Å². The molecule has 4 nitrogen and oxygen atoms in total. The number of rotatable bonds is 4. The number of hydrogen-bond acceptors (Lipinski definition) is 3. The number of carbonyl (C=O) groups is 1. The summed E-state index contributed by atoms with van der Waals surface area (Å²) in [5.41, 5.74) is 6.60. The Morgan fingerprint density at radius 3 is 2.37 bits per heavy atom. The van der Waals surface area contributed by atoms with Gasteiger partial charge in [-0.2, -0.15) is 0 Å². The van der Waals surface area contributed by atoms with E-state index >= 15 is 0 Å². The molecule has 0 saturated carbocycles. The lowest BCUT2D eigenvalue weighted by molar-refractivity contribution is -0.117. The summed E-state index contributed by atoms with van der Waals surface area (Å²) in [6.07, 6.45) is 0.524. The average molecular weight is 419 g/mol. The van der Waals surface area contributed by atoms with Crippen molar-refractivity contribution in [3.63, 3.8) is 0 Å². The highest BCUT2D eigenvalue weighted by atomic mass is 35.5. The van der Waals surface area contributed by atoms with Crippen molar-refractivity contribution >= 4 is 28.9 Å². The molecule has 0 saturated heterocycles.